The van der Waals surface area contributed by atoms with Crippen molar-refractivity contribution in [1.29, 1.82) is 0 Å². The van der Waals surface area contributed by atoms with Crippen molar-refractivity contribution in [2.45, 2.75) is 39.4 Å². The normalized spacial score (nSPS) is 12.2. The van der Waals surface area contributed by atoms with Crippen LogP contribution in [0.1, 0.15) is 26.3 Å². The van der Waals surface area contributed by atoms with E-state index in [0.29, 0.717) is 0 Å². The predicted molar refractivity (Wildman–Crippen MR) is 75.6 cm³/mol. The number of hydrogen-bond donors (Lipinski definition) is 2. The number of aromatic nitrogens is 1. The lowest BCUT2D eigenvalue weighted by Gasteiger charge is -2.23. The van der Waals surface area contributed by atoms with Gasteiger partial charge in [-0.1, -0.05) is 18.2 Å². The molecule has 1 aromatic heterocycles. The lowest BCUT2D eigenvalue weighted by atomic mass is 10.1. The molecule has 0 saturated heterocycles. The van der Waals surface area contributed by atoms with Crippen molar-refractivity contribution in [2.24, 2.45) is 0 Å². The highest BCUT2D eigenvalue weighted by atomic mass is 16.3. The van der Waals surface area contributed by atoms with Gasteiger partial charge >= 0.3 is 0 Å². The zero-order valence-corrected chi connectivity index (χ0v) is 11.4. The first-order valence-electron chi connectivity index (χ1n) is 6.50. The molecular formula is C15H22N2O. The van der Waals surface area contributed by atoms with E-state index >= 15 is 0 Å². The summed E-state index contributed by atoms with van der Waals surface area (Å²) >= 11 is 0. The summed E-state index contributed by atoms with van der Waals surface area (Å²) in [5, 5.41) is 14.0. The maximum Gasteiger partial charge on any atom is 0.0607 e. The van der Waals surface area contributed by atoms with Crippen LogP contribution in [0.2, 0.25) is 0 Å². The minimum absolute atomic E-state index is 0.138. The molecule has 2 rings (SSSR count). The van der Waals surface area contributed by atoms with Crippen LogP contribution in [-0.4, -0.2) is 21.8 Å². The number of aliphatic hydroxyl groups is 1. The molecule has 0 atom stereocenters. The Balaban J connectivity index is 2.28. The third kappa shape index (κ3) is 2.57. The highest BCUT2D eigenvalue weighted by Crippen LogP contribution is 2.21. The van der Waals surface area contributed by atoms with Gasteiger partial charge in [-0.15, -0.1) is 0 Å². The van der Waals surface area contributed by atoms with E-state index in [1.165, 1.54) is 16.5 Å². The molecule has 0 aliphatic heterocycles. The van der Waals surface area contributed by atoms with Gasteiger partial charge in [0, 0.05) is 35.7 Å². The van der Waals surface area contributed by atoms with Crippen LogP contribution in [0.3, 0.4) is 0 Å². The van der Waals surface area contributed by atoms with Crippen molar-refractivity contribution in [1.82, 2.24) is 9.88 Å². The first-order chi connectivity index (χ1) is 8.57. The Bertz CT molecular complexity index is 528. The van der Waals surface area contributed by atoms with Gasteiger partial charge in [-0.3, -0.25) is 0 Å². The van der Waals surface area contributed by atoms with Gasteiger partial charge in [-0.2, -0.15) is 0 Å². The Labute approximate surface area is 108 Å². The third-order valence-electron chi connectivity index (χ3n) is 3.36. The second kappa shape index (κ2) is 5.12. The van der Waals surface area contributed by atoms with E-state index in [2.05, 4.69) is 47.3 Å². The Morgan fingerprint density at radius 2 is 2.00 bits per heavy atom. The van der Waals surface area contributed by atoms with E-state index in [4.69, 9.17) is 0 Å². The number of para-hydroxylation sites is 1. The molecule has 3 nitrogen and oxygen atoms in total. The quantitative estimate of drug-likeness (QED) is 0.850. The minimum Gasteiger partial charge on any atom is -0.394 e. The molecule has 0 aliphatic rings. The van der Waals surface area contributed by atoms with E-state index in [-0.39, 0.29) is 12.1 Å². The van der Waals surface area contributed by atoms with Crippen LogP contribution in [0.25, 0.3) is 10.9 Å². The molecule has 0 fully saturated rings. The number of nitrogens with one attached hydrogen (secondary N) is 1. The number of nitrogens with zero attached hydrogens (tertiary/aromatic N) is 1. The monoisotopic (exact) mass is 246 g/mol. The topological polar surface area (TPSA) is 37.2 Å². The van der Waals surface area contributed by atoms with Gasteiger partial charge in [-0.05, 0) is 32.4 Å². The molecule has 1 heterocycles. The number of hydrogen-bond acceptors (Lipinski definition) is 2. The maximum atomic E-state index is 9.27. The van der Waals surface area contributed by atoms with Gasteiger partial charge in [0.1, 0.15) is 0 Å². The molecular weight excluding hydrogens is 224 g/mol. The van der Waals surface area contributed by atoms with Crippen LogP contribution < -0.4 is 5.32 Å². The van der Waals surface area contributed by atoms with Crippen LogP contribution in [-0.2, 0) is 13.1 Å². The van der Waals surface area contributed by atoms with Gasteiger partial charge in [0.05, 0.1) is 6.61 Å². The lowest BCUT2D eigenvalue weighted by molar-refractivity contribution is 0.187. The number of benzene rings is 1. The summed E-state index contributed by atoms with van der Waals surface area (Å²) in [6.45, 7) is 8.06. The SMILES string of the molecule is CCn1cc(CNC(C)(C)CO)c2ccccc21. The van der Waals surface area contributed by atoms with Gasteiger partial charge in [0.25, 0.3) is 0 Å². The Morgan fingerprint density at radius 1 is 1.28 bits per heavy atom. The number of aryl methyl sites for hydroxylation is 1. The largest absolute Gasteiger partial charge is 0.394 e. The molecule has 18 heavy (non-hydrogen) atoms. The molecule has 98 valence electrons. The van der Waals surface area contributed by atoms with Crippen molar-refractivity contribution < 1.29 is 5.11 Å². The fourth-order valence-corrected chi connectivity index (χ4v) is 2.12. The summed E-state index contributed by atoms with van der Waals surface area (Å²) in [5.74, 6) is 0. The number of aliphatic hydroxyl groups excluding tert-OH is 1. The minimum atomic E-state index is -0.241. The van der Waals surface area contributed by atoms with Gasteiger partial charge in [-0.25, -0.2) is 0 Å². The van der Waals surface area contributed by atoms with E-state index < -0.39 is 0 Å². The van der Waals surface area contributed by atoms with Crippen LogP contribution >= 0.6 is 0 Å². The van der Waals surface area contributed by atoms with Crippen molar-refractivity contribution in [3.05, 3.63) is 36.0 Å². The molecule has 3 heteroatoms. The summed E-state index contributed by atoms with van der Waals surface area (Å²) in [5.41, 5.74) is 2.32. The van der Waals surface area contributed by atoms with E-state index in [0.717, 1.165) is 13.1 Å². The van der Waals surface area contributed by atoms with Crippen LogP contribution in [0, 0.1) is 0 Å². The molecule has 1 aromatic carbocycles. The number of fused-ring (bicyclic) bond motifs is 1. The first kappa shape index (κ1) is 13.1. The van der Waals surface area contributed by atoms with Crippen molar-refractivity contribution in [2.75, 3.05) is 6.61 Å². The Morgan fingerprint density at radius 3 is 2.67 bits per heavy atom. The highest BCUT2D eigenvalue weighted by Gasteiger charge is 2.16. The summed E-state index contributed by atoms with van der Waals surface area (Å²) in [6.07, 6.45) is 2.20. The van der Waals surface area contributed by atoms with Gasteiger partial charge in [0.15, 0.2) is 0 Å². The molecule has 2 N–H and O–H groups in total. The standard InChI is InChI=1S/C15H22N2O/c1-4-17-10-12(9-16-15(2,3)11-18)13-7-5-6-8-14(13)17/h5-8,10,16,18H,4,9,11H2,1-3H3. The second-order valence-electron chi connectivity index (χ2n) is 5.35. The van der Waals surface area contributed by atoms with Crippen LogP contribution in [0.15, 0.2) is 30.5 Å². The molecule has 0 saturated carbocycles. The summed E-state index contributed by atoms with van der Waals surface area (Å²) in [6, 6.07) is 8.45. The smallest absolute Gasteiger partial charge is 0.0607 e. The molecule has 0 aliphatic carbocycles. The fraction of sp³-hybridized carbons (Fsp3) is 0.467. The Hall–Kier alpha value is -1.32. The predicted octanol–water partition coefficient (Wildman–Crippen LogP) is 2.52. The zero-order chi connectivity index (χ0) is 13.2. The summed E-state index contributed by atoms with van der Waals surface area (Å²) in [4.78, 5) is 0. The maximum absolute atomic E-state index is 9.27. The highest BCUT2D eigenvalue weighted by molar-refractivity contribution is 5.83. The van der Waals surface area contributed by atoms with E-state index in [1.54, 1.807) is 0 Å². The fourth-order valence-electron chi connectivity index (χ4n) is 2.12. The third-order valence-corrected chi connectivity index (χ3v) is 3.36. The average molecular weight is 246 g/mol. The molecule has 0 radical (unpaired) electrons. The van der Waals surface area contributed by atoms with E-state index in [9.17, 15) is 5.11 Å². The van der Waals surface area contributed by atoms with Crippen molar-refractivity contribution in [3.63, 3.8) is 0 Å². The van der Waals surface area contributed by atoms with E-state index in [1.807, 2.05) is 13.8 Å². The van der Waals surface area contributed by atoms with Crippen LogP contribution in [0.5, 0.6) is 0 Å². The molecule has 0 unspecified atom stereocenters. The van der Waals surface area contributed by atoms with Gasteiger partial charge in [0.2, 0.25) is 0 Å². The van der Waals surface area contributed by atoms with Crippen LogP contribution in [0.4, 0.5) is 0 Å². The first-order valence-corrected chi connectivity index (χ1v) is 6.50. The molecule has 0 spiro atoms. The molecule has 0 amide bonds. The summed E-state index contributed by atoms with van der Waals surface area (Å²) < 4.78 is 2.26. The number of rotatable bonds is 5. The van der Waals surface area contributed by atoms with Crippen molar-refractivity contribution in [3.8, 4) is 0 Å². The van der Waals surface area contributed by atoms with Crippen molar-refractivity contribution >= 4 is 10.9 Å². The Kier molecular flexibility index (Phi) is 3.73. The lowest BCUT2D eigenvalue weighted by Crippen LogP contribution is -2.42. The van der Waals surface area contributed by atoms with Gasteiger partial charge < -0.3 is 15.0 Å². The zero-order valence-electron chi connectivity index (χ0n) is 11.4. The summed E-state index contributed by atoms with van der Waals surface area (Å²) in [7, 11) is 0. The molecule has 2 aromatic rings. The second-order valence-corrected chi connectivity index (χ2v) is 5.35. The molecule has 0 bridgehead atoms. The average Bonchev–Trinajstić information content (AvgIpc) is 2.75.